The second-order valence-electron chi connectivity index (χ2n) is 8.05. The van der Waals surface area contributed by atoms with Crippen LogP contribution in [-0.4, -0.2) is 24.4 Å². The lowest BCUT2D eigenvalue weighted by molar-refractivity contribution is -0.389. The molecule has 6 rings (SSSR count). The summed E-state index contributed by atoms with van der Waals surface area (Å²) in [5.41, 5.74) is 1.10. The molecule has 0 radical (unpaired) electrons. The fourth-order valence-corrected chi connectivity index (χ4v) is 5.93. The molecule has 0 N–H and O–H groups in total. The van der Waals surface area contributed by atoms with Crippen molar-refractivity contribution in [1.82, 2.24) is 0 Å². The van der Waals surface area contributed by atoms with Crippen LogP contribution in [0.2, 0.25) is 0 Å². The van der Waals surface area contributed by atoms with Crippen molar-refractivity contribution in [3.63, 3.8) is 0 Å². The summed E-state index contributed by atoms with van der Waals surface area (Å²) in [5, 5.41) is 4.08. The molecule has 5 saturated carbocycles. The number of hydrogen-bond acceptors (Lipinski definition) is 5. The van der Waals surface area contributed by atoms with Gasteiger partial charge in [-0.15, -0.1) is 0 Å². The highest BCUT2D eigenvalue weighted by atomic mass is 17.3. The molecule has 1 aliphatic heterocycles. The maximum absolute atomic E-state index is 6.64. The van der Waals surface area contributed by atoms with E-state index in [1.165, 1.54) is 32.1 Å². The van der Waals surface area contributed by atoms with E-state index in [-0.39, 0.29) is 0 Å². The second-order valence-corrected chi connectivity index (χ2v) is 8.05. The van der Waals surface area contributed by atoms with Crippen LogP contribution in [0.4, 0.5) is 0 Å². The highest BCUT2D eigenvalue weighted by molar-refractivity contribution is 5.84. The third-order valence-electron chi connectivity index (χ3n) is 6.75. The zero-order valence-corrected chi connectivity index (χ0v) is 13.3. The minimum Gasteiger partial charge on any atom is -0.399 e. The molecule has 0 aromatic heterocycles. The van der Waals surface area contributed by atoms with Crippen molar-refractivity contribution in [3.8, 4) is 0 Å². The van der Waals surface area contributed by atoms with Crippen LogP contribution in [-0.2, 0) is 19.3 Å². The summed E-state index contributed by atoms with van der Waals surface area (Å²) >= 11 is 0. The van der Waals surface area contributed by atoms with E-state index >= 15 is 0 Å². The average Bonchev–Trinajstić information content (AvgIpc) is 2.88. The van der Waals surface area contributed by atoms with Gasteiger partial charge in [0, 0.05) is 24.7 Å². The van der Waals surface area contributed by atoms with Gasteiger partial charge >= 0.3 is 0 Å². The van der Waals surface area contributed by atoms with Crippen LogP contribution in [0.1, 0.15) is 57.8 Å². The lowest BCUT2D eigenvalue weighted by Gasteiger charge is -2.57. The molecule has 5 aliphatic carbocycles. The van der Waals surface area contributed by atoms with E-state index in [0.717, 1.165) is 43.2 Å². The second kappa shape index (κ2) is 4.68. The van der Waals surface area contributed by atoms with Gasteiger partial charge in [0.25, 0.3) is 0 Å². The van der Waals surface area contributed by atoms with Crippen molar-refractivity contribution in [2.24, 2.45) is 28.8 Å². The van der Waals surface area contributed by atoms with Gasteiger partial charge in [0.1, 0.15) is 7.11 Å². The van der Waals surface area contributed by atoms with Gasteiger partial charge in [0.05, 0.1) is 5.71 Å². The van der Waals surface area contributed by atoms with Gasteiger partial charge in [-0.25, -0.2) is 0 Å². The van der Waals surface area contributed by atoms with Crippen LogP contribution in [0.3, 0.4) is 0 Å². The summed E-state index contributed by atoms with van der Waals surface area (Å²) < 4.78 is 6.64. The first-order valence-electron chi connectivity index (χ1n) is 8.87. The molecule has 5 nitrogen and oxygen atoms in total. The Morgan fingerprint density at radius 2 is 1.59 bits per heavy atom. The first-order valence-corrected chi connectivity index (χ1v) is 8.87. The van der Waals surface area contributed by atoms with E-state index in [9.17, 15) is 0 Å². The Morgan fingerprint density at radius 1 is 0.955 bits per heavy atom. The number of hydrogen-bond donors (Lipinski definition) is 0. The van der Waals surface area contributed by atoms with Crippen LogP contribution in [0.25, 0.3) is 0 Å². The monoisotopic (exact) mass is 307 g/mol. The summed E-state index contributed by atoms with van der Waals surface area (Å²) in [6.45, 7) is 0. The minimum absolute atomic E-state index is 0.441. The first kappa shape index (κ1) is 13.8. The maximum atomic E-state index is 6.64. The molecule has 6 fully saturated rings. The van der Waals surface area contributed by atoms with Gasteiger partial charge in [-0.05, 0) is 56.8 Å². The topological polar surface area (TPSA) is 49.3 Å². The molecular weight excluding hydrogens is 282 g/mol. The lowest BCUT2D eigenvalue weighted by Crippen LogP contribution is -2.59. The van der Waals surface area contributed by atoms with E-state index in [0.29, 0.717) is 11.8 Å². The van der Waals surface area contributed by atoms with E-state index in [4.69, 9.17) is 19.3 Å². The van der Waals surface area contributed by atoms with E-state index in [1.54, 1.807) is 7.11 Å². The zero-order valence-electron chi connectivity index (χ0n) is 13.3. The molecule has 0 aromatic rings. The Labute approximate surface area is 131 Å². The largest absolute Gasteiger partial charge is 0.399 e. The van der Waals surface area contributed by atoms with Gasteiger partial charge in [0.2, 0.25) is 11.6 Å². The average molecular weight is 307 g/mol. The van der Waals surface area contributed by atoms with E-state index < -0.39 is 11.6 Å². The molecule has 0 amide bonds. The van der Waals surface area contributed by atoms with Gasteiger partial charge in [-0.2, -0.15) is 9.78 Å². The Morgan fingerprint density at radius 3 is 2.18 bits per heavy atom. The lowest BCUT2D eigenvalue weighted by atomic mass is 9.53. The quantitative estimate of drug-likeness (QED) is 0.550. The van der Waals surface area contributed by atoms with Crippen molar-refractivity contribution in [2.75, 3.05) is 7.11 Å². The van der Waals surface area contributed by atoms with Crippen LogP contribution in [0, 0.1) is 23.7 Å². The number of nitrogens with zero attached hydrogens (tertiary/aromatic N) is 1. The molecular formula is C17H25NO4. The Bertz CT molecular complexity index is 465. The molecule has 2 spiro atoms. The van der Waals surface area contributed by atoms with Crippen molar-refractivity contribution in [2.45, 2.75) is 69.4 Å². The predicted molar refractivity (Wildman–Crippen MR) is 78.7 cm³/mol. The van der Waals surface area contributed by atoms with Gasteiger partial charge < -0.3 is 9.57 Å². The van der Waals surface area contributed by atoms with Gasteiger partial charge in [0.15, 0.2) is 0 Å². The molecule has 6 aliphatic rings. The summed E-state index contributed by atoms with van der Waals surface area (Å²) in [7, 11) is 1.60. The minimum atomic E-state index is -0.540. The van der Waals surface area contributed by atoms with E-state index in [2.05, 4.69) is 5.16 Å². The zero-order chi connectivity index (χ0) is 14.8. The fraction of sp³-hybridized carbons (Fsp3) is 0.941. The first-order chi connectivity index (χ1) is 10.7. The molecule has 122 valence electrons. The normalized spacial score (nSPS) is 52.7. The highest BCUT2D eigenvalue weighted by Crippen LogP contribution is 2.63. The fourth-order valence-electron chi connectivity index (χ4n) is 5.93. The van der Waals surface area contributed by atoms with Crippen LogP contribution in [0.15, 0.2) is 5.16 Å². The molecule has 0 unspecified atom stereocenters. The predicted octanol–water partition coefficient (Wildman–Crippen LogP) is 3.39. The maximum Gasteiger partial charge on any atom is 0.210 e. The molecule has 22 heavy (non-hydrogen) atoms. The van der Waals surface area contributed by atoms with Crippen LogP contribution in [0.5, 0.6) is 0 Å². The number of rotatable bonds is 1. The summed E-state index contributed by atoms with van der Waals surface area (Å²) in [6, 6.07) is 0. The van der Waals surface area contributed by atoms with Crippen LogP contribution < -0.4 is 0 Å². The summed E-state index contributed by atoms with van der Waals surface area (Å²) in [5.74, 6) is 1.91. The summed E-state index contributed by atoms with van der Waals surface area (Å²) in [4.78, 5) is 16.8. The van der Waals surface area contributed by atoms with Crippen molar-refractivity contribution in [1.29, 1.82) is 0 Å². The van der Waals surface area contributed by atoms with Crippen molar-refractivity contribution in [3.05, 3.63) is 0 Å². The molecule has 1 heterocycles. The molecule has 1 saturated heterocycles. The Hall–Kier alpha value is -0.650. The van der Waals surface area contributed by atoms with E-state index in [1.807, 2.05) is 0 Å². The number of oxime groups is 1. The van der Waals surface area contributed by atoms with Crippen molar-refractivity contribution < 1.29 is 19.3 Å². The van der Waals surface area contributed by atoms with Crippen LogP contribution >= 0.6 is 0 Å². The third kappa shape index (κ3) is 1.85. The van der Waals surface area contributed by atoms with Gasteiger partial charge in [-0.3, -0.25) is 0 Å². The molecule has 5 heteroatoms. The summed E-state index contributed by atoms with van der Waals surface area (Å²) in [6.07, 6.45) is 9.89. The molecule has 0 atom stereocenters. The number of ether oxygens (including phenoxy) is 1. The third-order valence-corrected chi connectivity index (χ3v) is 6.75. The highest BCUT2D eigenvalue weighted by Gasteiger charge is 2.66. The van der Waals surface area contributed by atoms with Crippen molar-refractivity contribution >= 4 is 5.71 Å². The molecule has 4 bridgehead atoms. The standard InChI is InChI=1S/C17H25NO4/c1-19-18-15-2-4-16(5-3-15)20-17(22-21-16)13-7-11-6-12(9-13)10-14(17)8-11/h11-14H,2-10H2,1H3. The molecule has 0 aromatic carbocycles. The Kier molecular flexibility index (Phi) is 2.93. The Balaban J connectivity index is 1.36. The smallest absolute Gasteiger partial charge is 0.210 e. The van der Waals surface area contributed by atoms with Gasteiger partial charge in [-0.1, -0.05) is 5.16 Å². The SMILES string of the molecule is CON=C1CCC2(CC1)OOC1(O2)C2CC3CC(C2)CC1C3.